The fourth-order valence-electron chi connectivity index (χ4n) is 4.90. The summed E-state index contributed by atoms with van der Waals surface area (Å²) in [5.41, 5.74) is 5.60. The number of carbonyl (C=O) groups excluding carboxylic acids is 1. The smallest absolute Gasteiger partial charge is 0.247 e. The Hall–Kier alpha value is -3.67. The van der Waals surface area contributed by atoms with Crippen LogP contribution in [-0.2, 0) is 0 Å². The van der Waals surface area contributed by atoms with Crippen LogP contribution in [0.5, 0.6) is 0 Å². The Labute approximate surface area is 207 Å². The highest BCUT2D eigenvalue weighted by Gasteiger charge is 2.21. The molecule has 0 bridgehead atoms. The maximum Gasteiger partial charge on any atom is 0.247 e. The van der Waals surface area contributed by atoms with Gasteiger partial charge in [0.1, 0.15) is 0 Å². The fraction of sp³-hybridized carbons (Fsp3) is 0.345. The molecule has 4 aromatic rings. The van der Waals surface area contributed by atoms with Crippen molar-refractivity contribution in [2.45, 2.75) is 39.0 Å². The normalized spacial score (nSPS) is 17.9. The van der Waals surface area contributed by atoms with Gasteiger partial charge in [-0.1, -0.05) is 38.0 Å². The zero-order chi connectivity index (χ0) is 24.4. The summed E-state index contributed by atoms with van der Waals surface area (Å²) in [7, 11) is 4.07. The molecule has 2 aromatic carbocycles. The van der Waals surface area contributed by atoms with E-state index in [4.69, 9.17) is 5.10 Å². The highest BCUT2D eigenvalue weighted by molar-refractivity contribution is 5.96. The summed E-state index contributed by atoms with van der Waals surface area (Å²) in [6, 6.07) is 22.0. The molecule has 0 spiro atoms. The number of fused-ring (bicyclic) bond motifs is 1. The van der Waals surface area contributed by atoms with E-state index < -0.39 is 0 Å². The topological polar surface area (TPSA) is 62.5 Å². The summed E-state index contributed by atoms with van der Waals surface area (Å²) in [6.45, 7) is 2.31. The van der Waals surface area contributed by atoms with Crippen LogP contribution in [0, 0.1) is 11.8 Å². The Morgan fingerprint density at radius 1 is 1.00 bits per heavy atom. The van der Waals surface area contributed by atoms with E-state index in [2.05, 4.69) is 46.4 Å². The first-order valence-corrected chi connectivity index (χ1v) is 12.5. The second-order valence-electron chi connectivity index (χ2n) is 10.0. The van der Waals surface area contributed by atoms with Crippen molar-refractivity contribution in [3.8, 4) is 11.3 Å². The first-order valence-electron chi connectivity index (χ1n) is 12.5. The van der Waals surface area contributed by atoms with Gasteiger partial charge >= 0.3 is 0 Å². The summed E-state index contributed by atoms with van der Waals surface area (Å²) >= 11 is 0. The van der Waals surface area contributed by atoms with E-state index in [-0.39, 0.29) is 5.78 Å². The van der Waals surface area contributed by atoms with E-state index in [0.29, 0.717) is 18.3 Å². The zero-order valence-corrected chi connectivity index (χ0v) is 20.7. The number of aromatic nitrogens is 3. The minimum absolute atomic E-state index is 0.242. The number of carbonyl (C=O) groups is 1. The second-order valence-corrected chi connectivity index (χ2v) is 10.0. The first-order chi connectivity index (χ1) is 17.0. The second kappa shape index (κ2) is 9.90. The van der Waals surface area contributed by atoms with Crippen molar-refractivity contribution in [3.05, 3.63) is 72.3 Å². The summed E-state index contributed by atoms with van der Waals surface area (Å²) in [6.07, 6.45) is 5.50. The van der Waals surface area contributed by atoms with Crippen molar-refractivity contribution in [2.75, 3.05) is 24.3 Å². The Morgan fingerprint density at radius 3 is 2.49 bits per heavy atom. The molecule has 2 aromatic heterocycles. The highest BCUT2D eigenvalue weighted by atomic mass is 16.1. The summed E-state index contributed by atoms with van der Waals surface area (Å²) in [4.78, 5) is 19.5. The third-order valence-electron chi connectivity index (χ3n) is 7.09. The number of ketones is 1. The van der Waals surface area contributed by atoms with Gasteiger partial charge in [-0.05, 0) is 73.2 Å². The van der Waals surface area contributed by atoms with Gasteiger partial charge in [0.15, 0.2) is 11.4 Å². The Morgan fingerprint density at radius 2 is 1.74 bits per heavy atom. The molecule has 1 N–H and O–H groups in total. The summed E-state index contributed by atoms with van der Waals surface area (Å²) in [5, 5.41) is 8.01. The lowest BCUT2D eigenvalue weighted by molar-refractivity contribution is 0.0944. The zero-order valence-electron chi connectivity index (χ0n) is 20.7. The quantitative estimate of drug-likeness (QED) is 0.310. The molecule has 1 fully saturated rings. The molecule has 6 heteroatoms. The van der Waals surface area contributed by atoms with Crippen LogP contribution in [0.25, 0.3) is 16.9 Å². The third-order valence-corrected chi connectivity index (χ3v) is 7.09. The average Bonchev–Trinajstić information content (AvgIpc) is 3.28. The fourth-order valence-corrected chi connectivity index (χ4v) is 4.90. The molecule has 0 aliphatic heterocycles. The van der Waals surface area contributed by atoms with Gasteiger partial charge in [0.2, 0.25) is 5.95 Å². The van der Waals surface area contributed by atoms with Crippen LogP contribution in [0.15, 0.2) is 66.7 Å². The average molecular weight is 468 g/mol. The van der Waals surface area contributed by atoms with Crippen LogP contribution in [0.4, 0.5) is 17.3 Å². The molecular weight excluding hydrogens is 434 g/mol. The summed E-state index contributed by atoms with van der Waals surface area (Å²) < 4.78 is 1.86. The lowest BCUT2D eigenvalue weighted by atomic mass is 9.80. The number of benzene rings is 2. The number of Topliss-reactive ketones (excluding diaryl/α,β-unsaturated/α-hetero) is 1. The van der Waals surface area contributed by atoms with Crippen LogP contribution in [-0.4, -0.2) is 34.5 Å². The van der Waals surface area contributed by atoms with Gasteiger partial charge in [0, 0.05) is 43.0 Å². The van der Waals surface area contributed by atoms with Crippen molar-refractivity contribution < 1.29 is 4.79 Å². The maximum absolute atomic E-state index is 12.8. The van der Waals surface area contributed by atoms with E-state index in [0.717, 1.165) is 39.8 Å². The molecule has 1 saturated carbocycles. The molecule has 0 saturated heterocycles. The van der Waals surface area contributed by atoms with Crippen LogP contribution in [0.2, 0.25) is 0 Å². The molecule has 35 heavy (non-hydrogen) atoms. The predicted octanol–water partition coefficient (Wildman–Crippen LogP) is 6.61. The first kappa shape index (κ1) is 23.1. The van der Waals surface area contributed by atoms with Crippen molar-refractivity contribution in [1.82, 2.24) is 14.6 Å². The van der Waals surface area contributed by atoms with Gasteiger partial charge in [-0.2, -0.15) is 4.98 Å². The van der Waals surface area contributed by atoms with E-state index >= 15 is 0 Å². The Bertz CT molecular complexity index is 1320. The van der Waals surface area contributed by atoms with Crippen LogP contribution >= 0.6 is 0 Å². The van der Waals surface area contributed by atoms with Gasteiger partial charge in [-0.3, -0.25) is 4.79 Å². The standard InChI is InChI=1S/C29H33N5O/c1-20-10-12-21(13-11-20)18-27(35)22-14-16-24(17-15-22)30-29-31-28-9-5-8-26(34(28)32-29)23-6-4-7-25(19-23)33(2)3/h4-9,14-17,19-21H,10-13,18H2,1-3H3,(H,30,32). The number of pyridine rings is 1. The largest absolute Gasteiger partial charge is 0.378 e. The van der Waals surface area contributed by atoms with E-state index in [1.165, 1.54) is 25.7 Å². The number of hydrogen-bond acceptors (Lipinski definition) is 5. The van der Waals surface area contributed by atoms with Crippen molar-refractivity contribution in [3.63, 3.8) is 0 Å². The Balaban J connectivity index is 1.31. The Kier molecular flexibility index (Phi) is 6.53. The van der Waals surface area contributed by atoms with Crippen LogP contribution in [0.3, 0.4) is 0 Å². The number of anilines is 3. The number of nitrogens with zero attached hydrogens (tertiary/aromatic N) is 4. The molecule has 180 valence electrons. The molecule has 5 rings (SSSR count). The van der Waals surface area contributed by atoms with Gasteiger partial charge in [0.05, 0.1) is 5.69 Å². The molecule has 0 unspecified atom stereocenters. The lowest BCUT2D eigenvalue weighted by Gasteiger charge is -2.25. The lowest BCUT2D eigenvalue weighted by Crippen LogP contribution is -2.16. The van der Waals surface area contributed by atoms with Gasteiger partial charge in [-0.15, -0.1) is 5.10 Å². The van der Waals surface area contributed by atoms with E-state index in [1.807, 2.05) is 61.1 Å². The number of hydrogen-bond donors (Lipinski definition) is 1. The number of nitrogens with one attached hydrogen (secondary N) is 1. The van der Waals surface area contributed by atoms with Crippen LogP contribution in [0.1, 0.15) is 49.4 Å². The minimum atomic E-state index is 0.242. The van der Waals surface area contributed by atoms with Gasteiger partial charge in [-0.25, -0.2) is 4.52 Å². The molecule has 0 atom stereocenters. The molecule has 0 amide bonds. The predicted molar refractivity (Wildman–Crippen MR) is 143 cm³/mol. The monoisotopic (exact) mass is 467 g/mol. The molecule has 1 aliphatic carbocycles. The number of rotatable bonds is 7. The van der Waals surface area contributed by atoms with Gasteiger partial charge in [0.25, 0.3) is 0 Å². The molecular formula is C29H33N5O. The molecule has 0 radical (unpaired) electrons. The van der Waals surface area contributed by atoms with Crippen molar-refractivity contribution >= 4 is 28.8 Å². The third kappa shape index (κ3) is 5.21. The van der Waals surface area contributed by atoms with Crippen LogP contribution < -0.4 is 10.2 Å². The SMILES string of the molecule is CC1CCC(CC(=O)c2ccc(Nc3nc4cccc(-c5cccc(N(C)C)c5)n4n3)cc2)CC1. The van der Waals surface area contributed by atoms with Crippen molar-refractivity contribution in [2.24, 2.45) is 11.8 Å². The molecule has 1 aliphatic rings. The van der Waals surface area contributed by atoms with E-state index in [9.17, 15) is 4.79 Å². The maximum atomic E-state index is 12.8. The van der Waals surface area contributed by atoms with Gasteiger partial charge < -0.3 is 10.2 Å². The van der Waals surface area contributed by atoms with Crippen molar-refractivity contribution in [1.29, 1.82) is 0 Å². The molecule has 2 heterocycles. The highest BCUT2D eigenvalue weighted by Crippen LogP contribution is 2.31. The minimum Gasteiger partial charge on any atom is -0.378 e. The summed E-state index contributed by atoms with van der Waals surface area (Å²) in [5.74, 6) is 2.11. The van der Waals surface area contributed by atoms with E-state index in [1.54, 1.807) is 0 Å². The molecule has 6 nitrogen and oxygen atoms in total.